The number of hydrogen-bond acceptors (Lipinski definition) is 0. The Kier molecular flexibility index (Phi) is 6.99. The number of hydrogen-bond donors (Lipinski definition) is 0. The zero-order valence-corrected chi connectivity index (χ0v) is 11.9. The highest BCUT2D eigenvalue weighted by molar-refractivity contribution is 4.80. The summed E-state index contributed by atoms with van der Waals surface area (Å²) in [6.45, 7) is 5.70. The molecule has 0 aliphatic rings. The maximum absolute atomic E-state index is 2.41. The van der Waals surface area contributed by atoms with Crippen molar-refractivity contribution in [2.24, 2.45) is 7.05 Å². The van der Waals surface area contributed by atoms with Crippen LogP contribution in [0.3, 0.4) is 0 Å². The van der Waals surface area contributed by atoms with Gasteiger partial charge >= 0.3 is 0 Å². The molecular formula is C15H29N2+. The molecule has 0 unspecified atom stereocenters. The van der Waals surface area contributed by atoms with Crippen molar-refractivity contribution >= 4 is 0 Å². The van der Waals surface area contributed by atoms with Gasteiger partial charge in [-0.3, -0.25) is 0 Å². The average Bonchev–Trinajstić information content (AvgIpc) is 2.69. The fourth-order valence-electron chi connectivity index (χ4n) is 2.45. The molecule has 0 aliphatic carbocycles. The van der Waals surface area contributed by atoms with Crippen molar-refractivity contribution in [1.29, 1.82) is 0 Å². The molecule has 1 rings (SSSR count). The maximum atomic E-state index is 2.41. The number of aryl methyl sites for hydroxylation is 2. The molecule has 0 saturated carbocycles. The highest BCUT2D eigenvalue weighted by Gasteiger charge is 2.10. The molecule has 0 spiro atoms. The zero-order valence-electron chi connectivity index (χ0n) is 11.9. The van der Waals surface area contributed by atoms with Crippen LogP contribution in [0.25, 0.3) is 0 Å². The first-order valence-electron chi connectivity index (χ1n) is 7.33. The quantitative estimate of drug-likeness (QED) is 0.458. The molecule has 1 aromatic rings. The second kappa shape index (κ2) is 8.32. The predicted molar refractivity (Wildman–Crippen MR) is 73.0 cm³/mol. The van der Waals surface area contributed by atoms with Gasteiger partial charge in [0, 0.05) is 6.42 Å². The summed E-state index contributed by atoms with van der Waals surface area (Å²) >= 11 is 0. The van der Waals surface area contributed by atoms with Crippen molar-refractivity contribution in [1.82, 2.24) is 4.57 Å². The SMILES string of the molecule is CCCCCCCCC[n+]1ccn(C)c1CC. The van der Waals surface area contributed by atoms with Crippen LogP contribution in [0.2, 0.25) is 0 Å². The van der Waals surface area contributed by atoms with Crippen LogP contribution in [-0.2, 0) is 20.0 Å². The van der Waals surface area contributed by atoms with Crippen LogP contribution >= 0.6 is 0 Å². The minimum Gasteiger partial charge on any atom is -0.237 e. The molecule has 1 heterocycles. The molecule has 1 aromatic heterocycles. The minimum absolute atomic E-state index is 1.12. The average molecular weight is 237 g/mol. The van der Waals surface area contributed by atoms with E-state index < -0.39 is 0 Å². The Morgan fingerprint density at radius 2 is 1.65 bits per heavy atom. The summed E-state index contributed by atoms with van der Waals surface area (Å²) in [5, 5.41) is 0. The van der Waals surface area contributed by atoms with E-state index in [0.29, 0.717) is 0 Å². The van der Waals surface area contributed by atoms with Crippen molar-refractivity contribution in [2.75, 3.05) is 0 Å². The van der Waals surface area contributed by atoms with Crippen LogP contribution in [-0.4, -0.2) is 4.57 Å². The number of aromatic nitrogens is 2. The lowest BCUT2D eigenvalue weighted by Gasteiger charge is -2.02. The monoisotopic (exact) mass is 237 g/mol. The third-order valence-electron chi connectivity index (χ3n) is 3.53. The van der Waals surface area contributed by atoms with Gasteiger partial charge in [-0.05, 0) is 12.8 Å². The second-order valence-electron chi connectivity index (χ2n) is 4.99. The van der Waals surface area contributed by atoms with E-state index in [9.17, 15) is 0 Å². The highest BCUT2D eigenvalue weighted by Crippen LogP contribution is 2.07. The standard InChI is InChI=1S/C15H29N2/c1-4-6-7-8-9-10-11-12-17-14-13-16(3)15(17)5-2/h13-14H,4-12H2,1-3H3/q+1. The molecule has 98 valence electrons. The van der Waals surface area contributed by atoms with Gasteiger partial charge in [0.15, 0.2) is 0 Å². The summed E-state index contributed by atoms with van der Waals surface area (Å²) in [5.41, 5.74) is 0. The molecule has 0 amide bonds. The topological polar surface area (TPSA) is 8.81 Å². The first-order valence-corrected chi connectivity index (χ1v) is 7.33. The first kappa shape index (κ1) is 14.3. The zero-order chi connectivity index (χ0) is 12.5. The molecule has 0 aromatic carbocycles. The Morgan fingerprint density at radius 1 is 1.00 bits per heavy atom. The number of nitrogens with zero attached hydrogens (tertiary/aromatic N) is 2. The molecule has 0 aliphatic heterocycles. The lowest BCUT2D eigenvalue weighted by atomic mass is 10.1. The van der Waals surface area contributed by atoms with E-state index in [0.717, 1.165) is 6.42 Å². The van der Waals surface area contributed by atoms with Gasteiger partial charge in [-0.15, -0.1) is 0 Å². The first-order chi connectivity index (χ1) is 8.29. The summed E-state index contributed by atoms with van der Waals surface area (Å²) < 4.78 is 4.65. The van der Waals surface area contributed by atoms with Crippen molar-refractivity contribution in [2.45, 2.75) is 71.8 Å². The van der Waals surface area contributed by atoms with E-state index in [1.165, 1.54) is 57.3 Å². The van der Waals surface area contributed by atoms with Gasteiger partial charge in [0.2, 0.25) is 0 Å². The van der Waals surface area contributed by atoms with Crippen molar-refractivity contribution < 1.29 is 4.57 Å². The summed E-state index contributed by atoms with van der Waals surface area (Å²) in [6, 6.07) is 0. The largest absolute Gasteiger partial charge is 0.255 e. The summed E-state index contributed by atoms with van der Waals surface area (Å²) in [7, 11) is 2.14. The van der Waals surface area contributed by atoms with Gasteiger partial charge < -0.3 is 0 Å². The molecule has 2 heteroatoms. The van der Waals surface area contributed by atoms with Crippen LogP contribution in [0.15, 0.2) is 12.4 Å². The Labute approximate surface area is 107 Å². The molecule has 0 saturated heterocycles. The van der Waals surface area contributed by atoms with Crippen molar-refractivity contribution in [3.63, 3.8) is 0 Å². The highest BCUT2D eigenvalue weighted by atomic mass is 15.1. The summed E-state index contributed by atoms with van der Waals surface area (Å²) in [6.07, 6.45) is 15.2. The van der Waals surface area contributed by atoms with E-state index in [1.54, 1.807) is 0 Å². The molecule has 0 atom stereocenters. The Bertz CT molecular complexity index is 302. The smallest absolute Gasteiger partial charge is 0.237 e. The maximum Gasteiger partial charge on any atom is 0.255 e. The van der Waals surface area contributed by atoms with Crippen LogP contribution < -0.4 is 4.57 Å². The number of rotatable bonds is 9. The Morgan fingerprint density at radius 3 is 2.29 bits per heavy atom. The molecule has 0 fully saturated rings. The van der Waals surface area contributed by atoms with Gasteiger partial charge in [0.25, 0.3) is 5.82 Å². The number of imidazole rings is 1. The molecule has 0 bridgehead atoms. The van der Waals surface area contributed by atoms with Gasteiger partial charge in [0.05, 0.1) is 13.6 Å². The minimum atomic E-state index is 1.12. The normalized spacial score (nSPS) is 11.0. The summed E-state index contributed by atoms with van der Waals surface area (Å²) in [4.78, 5) is 0. The van der Waals surface area contributed by atoms with E-state index in [1.807, 2.05) is 0 Å². The van der Waals surface area contributed by atoms with E-state index in [-0.39, 0.29) is 0 Å². The second-order valence-corrected chi connectivity index (χ2v) is 4.99. The lowest BCUT2D eigenvalue weighted by molar-refractivity contribution is -0.704. The molecule has 2 nitrogen and oxygen atoms in total. The molecule has 0 radical (unpaired) electrons. The van der Waals surface area contributed by atoms with Crippen LogP contribution in [0.4, 0.5) is 0 Å². The fraction of sp³-hybridized carbons (Fsp3) is 0.800. The van der Waals surface area contributed by atoms with E-state index in [4.69, 9.17) is 0 Å². The van der Waals surface area contributed by atoms with Crippen LogP contribution in [0, 0.1) is 0 Å². The van der Waals surface area contributed by atoms with Crippen molar-refractivity contribution in [3.05, 3.63) is 18.2 Å². The molecule has 0 N–H and O–H groups in total. The predicted octanol–water partition coefficient (Wildman–Crippen LogP) is 3.63. The molecule has 17 heavy (non-hydrogen) atoms. The van der Waals surface area contributed by atoms with Gasteiger partial charge in [-0.2, -0.15) is 0 Å². The van der Waals surface area contributed by atoms with E-state index in [2.05, 4.69) is 42.4 Å². The van der Waals surface area contributed by atoms with Gasteiger partial charge in [-0.25, -0.2) is 9.13 Å². The van der Waals surface area contributed by atoms with Crippen LogP contribution in [0.5, 0.6) is 0 Å². The van der Waals surface area contributed by atoms with Crippen LogP contribution in [0.1, 0.15) is 64.6 Å². The van der Waals surface area contributed by atoms with E-state index >= 15 is 0 Å². The lowest BCUT2D eigenvalue weighted by Crippen LogP contribution is -2.36. The fourth-order valence-corrected chi connectivity index (χ4v) is 2.45. The van der Waals surface area contributed by atoms with Gasteiger partial charge in [-0.1, -0.05) is 46.0 Å². The summed E-state index contributed by atoms with van der Waals surface area (Å²) in [5.74, 6) is 1.44. The van der Waals surface area contributed by atoms with Crippen molar-refractivity contribution in [3.8, 4) is 0 Å². The third kappa shape index (κ3) is 4.93. The molecular weight excluding hydrogens is 208 g/mol. The Hall–Kier alpha value is -0.790. The Balaban J connectivity index is 2.13. The third-order valence-corrected chi connectivity index (χ3v) is 3.53. The number of unbranched alkanes of at least 4 members (excludes halogenated alkanes) is 6. The van der Waals surface area contributed by atoms with Gasteiger partial charge in [0.1, 0.15) is 12.4 Å².